The average Bonchev–Trinajstić information content (AvgIpc) is 3.29. The first-order valence-electron chi connectivity index (χ1n) is 10.3. The van der Waals surface area contributed by atoms with Gasteiger partial charge in [0, 0.05) is 12.2 Å². The van der Waals surface area contributed by atoms with Crippen LogP contribution in [0.3, 0.4) is 0 Å². The highest BCUT2D eigenvalue weighted by atomic mass is 32.1. The van der Waals surface area contributed by atoms with Gasteiger partial charge in [0.2, 0.25) is 5.91 Å². The van der Waals surface area contributed by atoms with E-state index in [1.165, 1.54) is 20.5 Å². The third-order valence-corrected chi connectivity index (χ3v) is 5.95. The quantitative estimate of drug-likeness (QED) is 0.446. The van der Waals surface area contributed by atoms with E-state index in [1.54, 1.807) is 35.7 Å². The van der Waals surface area contributed by atoms with E-state index in [0.717, 1.165) is 5.56 Å². The van der Waals surface area contributed by atoms with Gasteiger partial charge in [-0.15, -0.1) is 11.3 Å². The first kappa shape index (κ1) is 21.6. The summed E-state index contributed by atoms with van der Waals surface area (Å²) >= 11 is 1.27. The van der Waals surface area contributed by atoms with Gasteiger partial charge in [0.25, 0.3) is 5.56 Å². The molecule has 7 nitrogen and oxygen atoms in total. The summed E-state index contributed by atoms with van der Waals surface area (Å²) in [7, 11) is 0. The summed E-state index contributed by atoms with van der Waals surface area (Å²) in [5, 5.41) is 4.56. The molecule has 0 saturated carbocycles. The minimum atomic E-state index is -0.487. The predicted molar refractivity (Wildman–Crippen MR) is 127 cm³/mol. The van der Waals surface area contributed by atoms with E-state index in [0.29, 0.717) is 34.7 Å². The van der Waals surface area contributed by atoms with Crippen molar-refractivity contribution >= 4 is 33.1 Å². The second kappa shape index (κ2) is 9.65. The van der Waals surface area contributed by atoms with Crippen molar-refractivity contribution in [1.29, 1.82) is 0 Å². The lowest BCUT2D eigenvalue weighted by molar-refractivity contribution is -0.116. The molecule has 0 spiro atoms. The number of amides is 1. The smallest absolute Gasteiger partial charge is 0.332 e. The lowest BCUT2D eigenvalue weighted by Crippen LogP contribution is -2.41. The maximum atomic E-state index is 13.2. The number of carbonyl (C=O) groups excluding carboxylic acids is 1. The Hall–Kier alpha value is -3.65. The van der Waals surface area contributed by atoms with Crippen molar-refractivity contribution < 1.29 is 9.53 Å². The highest BCUT2D eigenvalue weighted by Crippen LogP contribution is 2.17. The molecule has 2 aromatic carbocycles. The lowest BCUT2D eigenvalue weighted by atomic mass is 10.1. The monoisotopic (exact) mass is 449 g/mol. The molecule has 2 aromatic heterocycles. The zero-order valence-corrected chi connectivity index (χ0v) is 18.4. The number of aromatic nitrogens is 2. The summed E-state index contributed by atoms with van der Waals surface area (Å²) in [5.41, 5.74) is 1.30. The maximum absolute atomic E-state index is 13.2. The number of carbonyl (C=O) groups is 1. The van der Waals surface area contributed by atoms with Crippen LogP contribution in [0, 0.1) is 0 Å². The lowest BCUT2D eigenvalue weighted by Gasteiger charge is -2.13. The topological polar surface area (TPSA) is 82.3 Å². The Labute approximate surface area is 188 Å². The standard InChI is InChI=1S/C24H23N3O4S/c1-2-31-19-10-8-18(9-11-19)25-21(28)16-27-20-13-15-32-22(20)23(29)26(24(27)30)14-12-17-6-4-3-5-7-17/h3-11,13,15H,2,12,14,16H2,1H3,(H,25,28). The maximum Gasteiger partial charge on any atom is 0.332 e. The highest BCUT2D eigenvalue weighted by molar-refractivity contribution is 7.17. The molecule has 4 aromatic rings. The van der Waals surface area contributed by atoms with E-state index >= 15 is 0 Å². The minimum Gasteiger partial charge on any atom is -0.494 e. The summed E-state index contributed by atoms with van der Waals surface area (Å²) in [6, 6.07) is 18.4. The fraction of sp³-hybridized carbons (Fsp3) is 0.208. The SMILES string of the molecule is CCOc1ccc(NC(=O)Cn2c(=O)n(CCc3ccccc3)c(=O)c3sccc32)cc1. The van der Waals surface area contributed by atoms with Crippen molar-refractivity contribution in [3.05, 3.63) is 92.4 Å². The predicted octanol–water partition coefficient (Wildman–Crippen LogP) is 3.50. The normalized spacial score (nSPS) is 10.9. The van der Waals surface area contributed by atoms with Crippen LogP contribution < -0.4 is 21.3 Å². The van der Waals surface area contributed by atoms with Crippen LogP contribution in [0.4, 0.5) is 5.69 Å². The van der Waals surface area contributed by atoms with Crippen LogP contribution in [0.1, 0.15) is 12.5 Å². The largest absolute Gasteiger partial charge is 0.494 e. The number of anilines is 1. The van der Waals surface area contributed by atoms with Crippen LogP contribution in [-0.4, -0.2) is 21.6 Å². The average molecular weight is 450 g/mol. The molecule has 164 valence electrons. The van der Waals surface area contributed by atoms with Crippen LogP contribution in [0.15, 0.2) is 75.6 Å². The van der Waals surface area contributed by atoms with Crippen LogP contribution in [0.2, 0.25) is 0 Å². The van der Waals surface area contributed by atoms with Crippen LogP contribution in [0.25, 0.3) is 10.2 Å². The minimum absolute atomic E-state index is 0.190. The van der Waals surface area contributed by atoms with Gasteiger partial charge in [-0.3, -0.25) is 18.7 Å². The molecule has 0 aliphatic carbocycles. The van der Waals surface area contributed by atoms with E-state index in [2.05, 4.69) is 5.32 Å². The number of aryl methyl sites for hydroxylation is 1. The summed E-state index contributed by atoms with van der Waals surface area (Å²) in [6.45, 7) is 2.52. The Morgan fingerprint density at radius 1 is 1.00 bits per heavy atom. The number of hydrogen-bond acceptors (Lipinski definition) is 5. The van der Waals surface area contributed by atoms with E-state index in [-0.39, 0.29) is 24.6 Å². The molecular formula is C24H23N3O4S. The molecule has 8 heteroatoms. The number of hydrogen-bond donors (Lipinski definition) is 1. The van der Waals surface area contributed by atoms with E-state index in [4.69, 9.17) is 4.74 Å². The number of ether oxygens (including phenoxy) is 1. The molecule has 0 bridgehead atoms. The third kappa shape index (κ3) is 4.65. The van der Waals surface area contributed by atoms with Crippen molar-refractivity contribution in [3.8, 4) is 5.75 Å². The van der Waals surface area contributed by atoms with Gasteiger partial charge in [-0.25, -0.2) is 4.79 Å². The summed E-state index contributed by atoms with van der Waals surface area (Å²) < 4.78 is 8.45. The molecule has 0 atom stereocenters. The Balaban J connectivity index is 1.58. The van der Waals surface area contributed by atoms with Crippen molar-refractivity contribution in [1.82, 2.24) is 9.13 Å². The molecule has 0 aliphatic heterocycles. The van der Waals surface area contributed by atoms with E-state index in [9.17, 15) is 14.4 Å². The number of nitrogens with zero attached hydrogens (tertiary/aromatic N) is 2. The molecule has 1 N–H and O–H groups in total. The summed E-state index contributed by atoms with van der Waals surface area (Å²) in [6.07, 6.45) is 0.547. The Kier molecular flexibility index (Phi) is 6.51. The fourth-order valence-corrected chi connectivity index (χ4v) is 4.36. The fourth-order valence-electron chi connectivity index (χ4n) is 3.51. The van der Waals surface area contributed by atoms with Gasteiger partial charge >= 0.3 is 5.69 Å². The number of nitrogens with one attached hydrogen (secondary N) is 1. The van der Waals surface area contributed by atoms with Gasteiger partial charge in [0.15, 0.2) is 0 Å². The molecule has 4 rings (SSSR count). The Morgan fingerprint density at radius 2 is 1.75 bits per heavy atom. The third-order valence-electron chi connectivity index (χ3n) is 5.05. The second-order valence-electron chi connectivity index (χ2n) is 7.20. The van der Waals surface area contributed by atoms with Crippen molar-refractivity contribution in [2.24, 2.45) is 0 Å². The Bertz CT molecular complexity index is 1340. The van der Waals surface area contributed by atoms with Gasteiger partial charge in [0.05, 0.1) is 12.1 Å². The molecule has 0 fully saturated rings. The number of rotatable bonds is 8. The molecule has 0 saturated heterocycles. The van der Waals surface area contributed by atoms with Crippen molar-refractivity contribution in [2.75, 3.05) is 11.9 Å². The van der Waals surface area contributed by atoms with Crippen LogP contribution >= 0.6 is 11.3 Å². The Morgan fingerprint density at radius 3 is 2.47 bits per heavy atom. The molecule has 32 heavy (non-hydrogen) atoms. The van der Waals surface area contributed by atoms with Gasteiger partial charge in [-0.1, -0.05) is 30.3 Å². The molecule has 1 amide bonds. The summed E-state index contributed by atoms with van der Waals surface area (Å²) in [5.74, 6) is 0.365. The molecule has 2 heterocycles. The first-order valence-corrected chi connectivity index (χ1v) is 11.2. The molecule has 0 unspecified atom stereocenters. The number of thiophene rings is 1. The van der Waals surface area contributed by atoms with Gasteiger partial charge in [-0.2, -0.15) is 0 Å². The number of benzene rings is 2. The summed E-state index contributed by atoms with van der Waals surface area (Å²) in [4.78, 5) is 38.8. The zero-order chi connectivity index (χ0) is 22.5. The second-order valence-corrected chi connectivity index (χ2v) is 8.12. The number of fused-ring (bicyclic) bond motifs is 1. The molecule has 0 aliphatic rings. The van der Waals surface area contributed by atoms with E-state index < -0.39 is 5.69 Å². The zero-order valence-electron chi connectivity index (χ0n) is 17.6. The molecule has 0 radical (unpaired) electrons. The molecular weight excluding hydrogens is 426 g/mol. The van der Waals surface area contributed by atoms with Gasteiger partial charge in [-0.05, 0) is 54.6 Å². The van der Waals surface area contributed by atoms with Crippen molar-refractivity contribution in [2.45, 2.75) is 26.4 Å². The van der Waals surface area contributed by atoms with Gasteiger partial charge in [0.1, 0.15) is 17.0 Å². The van der Waals surface area contributed by atoms with E-state index in [1.807, 2.05) is 37.3 Å². The van der Waals surface area contributed by atoms with Crippen molar-refractivity contribution in [3.63, 3.8) is 0 Å². The first-order chi connectivity index (χ1) is 15.6. The highest BCUT2D eigenvalue weighted by Gasteiger charge is 2.16. The van der Waals surface area contributed by atoms with Crippen LogP contribution in [0.5, 0.6) is 5.75 Å². The van der Waals surface area contributed by atoms with Gasteiger partial charge < -0.3 is 10.1 Å². The van der Waals surface area contributed by atoms with Crippen LogP contribution in [-0.2, 0) is 24.3 Å².